The van der Waals surface area contributed by atoms with Crippen LogP contribution in [0.4, 0.5) is 0 Å². The lowest BCUT2D eigenvalue weighted by Crippen LogP contribution is -3.00. The lowest BCUT2D eigenvalue weighted by atomic mass is 9.99. The second-order valence-electron chi connectivity index (χ2n) is 7.52. The van der Waals surface area contributed by atoms with E-state index in [0.29, 0.717) is 5.75 Å². The van der Waals surface area contributed by atoms with Crippen LogP contribution in [-0.2, 0) is 4.74 Å². The van der Waals surface area contributed by atoms with Gasteiger partial charge in [-0.1, -0.05) is 0 Å². The first-order chi connectivity index (χ1) is 15.7. The van der Waals surface area contributed by atoms with E-state index in [0.717, 1.165) is 0 Å². The summed E-state index contributed by atoms with van der Waals surface area (Å²) >= 11 is 0. The molecule has 34 heavy (non-hydrogen) atoms. The summed E-state index contributed by atoms with van der Waals surface area (Å²) in [5.41, 5.74) is 0.449. The lowest BCUT2D eigenvalue weighted by molar-refractivity contribution is -0.277. The molecular weight excluding hydrogens is 520 g/mol. The Kier molecular flexibility index (Phi) is 7.70. The molecule has 1 aliphatic rings. The van der Waals surface area contributed by atoms with Crippen LogP contribution in [0.3, 0.4) is 0 Å². The number of ether oxygens (including phenoxy) is 3. The quantitative estimate of drug-likeness (QED) is 0.136. The van der Waals surface area contributed by atoms with Gasteiger partial charge >= 0.3 is 11.3 Å². The third-order valence-corrected chi connectivity index (χ3v) is 5.37. The number of hydrogen-bond acceptors (Lipinski definition) is 10. The Morgan fingerprint density at radius 1 is 0.912 bits per heavy atom. The van der Waals surface area contributed by atoms with Crippen LogP contribution in [0.25, 0.3) is 22.3 Å². The van der Waals surface area contributed by atoms with E-state index in [4.69, 9.17) is 18.6 Å². The minimum absolute atomic E-state index is 0. The third-order valence-electron chi connectivity index (χ3n) is 5.37. The summed E-state index contributed by atoms with van der Waals surface area (Å²) in [6.45, 7) is -0.647. The number of rotatable bonds is 5. The summed E-state index contributed by atoms with van der Waals surface area (Å²) in [4.78, 5) is 0. The molecule has 4 rings (SSSR count). The highest BCUT2D eigenvalue weighted by Crippen LogP contribution is 2.42. The standard InChI is InChI=1S/C22H22O11.BrH/c1-30-10-5-13(25)11-7-16(32-22-20(29)19(28)18(27)17(8-23)33-22)21(31-15(11)6-10)9-2-3-12(24)14(26)4-9;/h2-7,17-20,22-23,27-29H,8H2,1H3,(H2-,24,25,26);1H/t17-,18+,19+,20-,22-;/m1./s1. The van der Waals surface area contributed by atoms with Gasteiger partial charge in [0, 0.05) is 18.2 Å². The Morgan fingerprint density at radius 2 is 1.65 bits per heavy atom. The largest absolute Gasteiger partial charge is 1.00 e. The van der Waals surface area contributed by atoms with Gasteiger partial charge in [-0.3, -0.25) is 0 Å². The number of fused-ring (bicyclic) bond motifs is 1. The van der Waals surface area contributed by atoms with Crippen molar-refractivity contribution in [3.8, 4) is 40.1 Å². The van der Waals surface area contributed by atoms with Gasteiger partial charge in [0.05, 0.1) is 25.3 Å². The molecule has 0 saturated carbocycles. The molecule has 11 nitrogen and oxygen atoms in total. The van der Waals surface area contributed by atoms with Gasteiger partial charge < -0.3 is 66.9 Å². The van der Waals surface area contributed by atoms with E-state index in [1.165, 1.54) is 43.5 Å². The fourth-order valence-corrected chi connectivity index (χ4v) is 3.53. The van der Waals surface area contributed by atoms with Gasteiger partial charge in [-0.25, -0.2) is 4.42 Å². The van der Waals surface area contributed by atoms with E-state index in [1.807, 2.05) is 0 Å². The number of aromatic hydroxyl groups is 3. The predicted molar refractivity (Wildman–Crippen MR) is 112 cm³/mol. The number of halogens is 1. The van der Waals surface area contributed by atoms with E-state index >= 15 is 0 Å². The molecular formula is C22H23BrO11. The fraction of sp³-hybridized carbons (Fsp3) is 0.318. The summed E-state index contributed by atoms with van der Waals surface area (Å²) < 4.78 is 22.2. The molecule has 1 aliphatic heterocycles. The van der Waals surface area contributed by atoms with Crippen molar-refractivity contribution in [1.82, 2.24) is 0 Å². The highest BCUT2D eigenvalue weighted by atomic mass is 79.9. The summed E-state index contributed by atoms with van der Waals surface area (Å²) in [7, 11) is 1.41. The Hall–Kier alpha value is -2.87. The highest BCUT2D eigenvalue weighted by Gasteiger charge is 2.45. The maximum absolute atomic E-state index is 10.4. The molecule has 1 fully saturated rings. The van der Waals surface area contributed by atoms with Crippen molar-refractivity contribution >= 4 is 11.0 Å². The molecule has 0 unspecified atom stereocenters. The number of hydrogen-bond donors (Lipinski definition) is 7. The molecule has 0 amide bonds. The smallest absolute Gasteiger partial charge is 0.402 e. The minimum atomic E-state index is -1.69. The average molecular weight is 543 g/mol. The first-order valence-corrected chi connectivity index (χ1v) is 9.91. The molecule has 0 bridgehead atoms. The van der Waals surface area contributed by atoms with Crippen LogP contribution in [0, 0.1) is 0 Å². The minimum Gasteiger partial charge on any atom is -1.00 e. The first-order valence-electron chi connectivity index (χ1n) is 9.91. The molecule has 2 heterocycles. The van der Waals surface area contributed by atoms with Crippen molar-refractivity contribution in [1.29, 1.82) is 0 Å². The molecule has 184 valence electrons. The molecule has 7 N–H and O–H groups in total. The van der Waals surface area contributed by atoms with Crippen LogP contribution in [0.15, 0.2) is 40.8 Å². The Morgan fingerprint density at radius 3 is 2.29 bits per heavy atom. The SMILES string of the molecule is COc1cc(O)c2cc(O[C@@H]3O[C@H](CO)[C@H](O)[C@H](O)[C@H]3O)c(-c3ccc(O)c(O)c3)[o+]c2c1.[Br-]. The van der Waals surface area contributed by atoms with Gasteiger partial charge in [-0.15, -0.1) is 0 Å². The van der Waals surface area contributed by atoms with Crippen LogP contribution in [0.1, 0.15) is 0 Å². The maximum Gasteiger partial charge on any atom is 0.402 e. The van der Waals surface area contributed by atoms with E-state index in [9.17, 15) is 35.7 Å². The van der Waals surface area contributed by atoms with Crippen LogP contribution in [-0.4, -0.2) is 80.2 Å². The van der Waals surface area contributed by atoms with Gasteiger partial charge in [-0.2, -0.15) is 0 Å². The molecule has 0 aliphatic carbocycles. The second-order valence-corrected chi connectivity index (χ2v) is 7.52. The number of methoxy groups -OCH3 is 1. The van der Waals surface area contributed by atoms with Crippen molar-refractivity contribution in [2.24, 2.45) is 0 Å². The van der Waals surface area contributed by atoms with Crippen molar-refractivity contribution < 1.29 is 71.4 Å². The van der Waals surface area contributed by atoms with Gasteiger partial charge in [-0.05, 0) is 12.1 Å². The molecule has 5 atom stereocenters. The fourth-order valence-electron chi connectivity index (χ4n) is 3.53. The number of phenols is 3. The third kappa shape index (κ3) is 4.69. The monoisotopic (exact) mass is 542 g/mol. The first kappa shape index (κ1) is 25.7. The maximum atomic E-state index is 10.4. The van der Waals surface area contributed by atoms with E-state index < -0.39 is 43.1 Å². The summed E-state index contributed by atoms with van der Waals surface area (Å²) in [6, 6.07) is 8.11. The van der Waals surface area contributed by atoms with Crippen molar-refractivity contribution in [3.63, 3.8) is 0 Å². The summed E-state index contributed by atoms with van der Waals surface area (Å²) in [5.74, 6) is -0.747. The highest BCUT2D eigenvalue weighted by molar-refractivity contribution is 5.88. The normalized spacial score (nSPS) is 24.4. The van der Waals surface area contributed by atoms with E-state index in [2.05, 4.69) is 0 Å². The molecule has 3 aromatic rings. The van der Waals surface area contributed by atoms with Crippen LogP contribution in [0.2, 0.25) is 0 Å². The summed E-state index contributed by atoms with van der Waals surface area (Å²) in [5, 5.41) is 70.0. The number of phenolic OH excluding ortho intramolecular Hbond substituents is 3. The zero-order valence-electron chi connectivity index (χ0n) is 17.7. The van der Waals surface area contributed by atoms with Crippen molar-refractivity contribution in [2.75, 3.05) is 13.7 Å². The van der Waals surface area contributed by atoms with Gasteiger partial charge in [0.1, 0.15) is 41.3 Å². The number of benzene rings is 2. The Balaban J connectivity index is 0.00000324. The zero-order valence-corrected chi connectivity index (χ0v) is 19.3. The number of aliphatic hydroxyl groups excluding tert-OH is 4. The second kappa shape index (κ2) is 10.2. The average Bonchev–Trinajstić information content (AvgIpc) is 2.81. The molecule has 1 aromatic heterocycles. The molecule has 1 saturated heterocycles. The zero-order chi connectivity index (χ0) is 23.9. The van der Waals surface area contributed by atoms with Gasteiger partial charge in [0.2, 0.25) is 12.0 Å². The molecule has 12 heteroatoms. The number of aliphatic hydroxyl groups is 4. The van der Waals surface area contributed by atoms with Crippen LogP contribution in [0.5, 0.6) is 28.7 Å². The molecule has 0 radical (unpaired) electrons. The Labute approximate surface area is 203 Å². The van der Waals surface area contributed by atoms with Crippen LogP contribution < -0.4 is 26.5 Å². The summed E-state index contributed by atoms with van der Waals surface area (Å²) in [6.07, 6.45) is -7.67. The van der Waals surface area contributed by atoms with Gasteiger partial charge in [0.15, 0.2) is 11.5 Å². The molecule has 0 spiro atoms. The van der Waals surface area contributed by atoms with Gasteiger partial charge in [0.25, 0.3) is 0 Å². The molecule has 2 aromatic carbocycles. The predicted octanol–water partition coefficient (Wildman–Crippen LogP) is -2.31. The van der Waals surface area contributed by atoms with Crippen LogP contribution >= 0.6 is 0 Å². The van der Waals surface area contributed by atoms with E-state index in [-0.39, 0.29) is 56.5 Å². The van der Waals surface area contributed by atoms with E-state index in [1.54, 1.807) is 0 Å². The Bertz CT molecular complexity index is 1170. The lowest BCUT2D eigenvalue weighted by Gasteiger charge is -2.39. The van der Waals surface area contributed by atoms with Crippen molar-refractivity contribution in [2.45, 2.75) is 30.7 Å². The topological polar surface area (TPSA) is 181 Å². The van der Waals surface area contributed by atoms with Crippen molar-refractivity contribution in [3.05, 3.63) is 36.4 Å².